The van der Waals surface area contributed by atoms with E-state index in [9.17, 15) is 35.1 Å². The summed E-state index contributed by atoms with van der Waals surface area (Å²) < 4.78 is 30.9. The van der Waals surface area contributed by atoms with Gasteiger partial charge >= 0.3 is 5.97 Å². The van der Waals surface area contributed by atoms with Gasteiger partial charge in [-0.2, -0.15) is 0 Å². The zero-order valence-corrected chi connectivity index (χ0v) is 32.2. The summed E-state index contributed by atoms with van der Waals surface area (Å²) >= 11 is 0. The van der Waals surface area contributed by atoms with Crippen LogP contribution >= 0.6 is 0 Å². The number of aliphatic hydroxyl groups is 5. The first-order valence-corrected chi connectivity index (χ1v) is 18.6. The first-order valence-electron chi connectivity index (χ1n) is 18.6. The molecule has 0 radical (unpaired) electrons. The Morgan fingerprint density at radius 2 is 1.65 bits per heavy atom. The second-order valence-corrected chi connectivity index (χ2v) is 15.6. The fraction of sp³-hybridized carbons (Fsp3) is 0.842. The van der Waals surface area contributed by atoms with Crippen molar-refractivity contribution in [3.05, 3.63) is 23.8 Å². The van der Waals surface area contributed by atoms with Gasteiger partial charge in [-0.3, -0.25) is 9.59 Å². The number of carbonyl (C=O) groups excluding carboxylic acids is 2. The molecule has 3 heterocycles. The van der Waals surface area contributed by atoms with Crippen molar-refractivity contribution >= 4 is 11.8 Å². The topological polar surface area (TPSA) is 185 Å². The average Bonchev–Trinajstić information content (AvgIpc) is 3.04. The summed E-state index contributed by atoms with van der Waals surface area (Å²) in [5, 5.41) is 54.7. The van der Waals surface area contributed by atoms with Crippen LogP contribution in [0.5, 0.6) is 0 Å². The van der Waals surface area contributed by atoms with Gasteiger partial charge < -0.3 is 54.1 Å². The molecule has 3 rings (SSSR count). The van der Waals surface area contributed by atoms with Crippen LogP contribution in [0.1, 0.15) is 87.5 Å². The van der Waals surface area contributed by atoms with E-state index in [0.717, 1.165) is 5.57 Å². The normalized spacial score (nSPS) is 45.6. The molecule has 7 unspecified atom stereocenters. The average molecular weight is 728 g/mol. The molecule has 2 saturated heterocycles. The van der Waals surface area contributed by atoms with Crippen LogP contribution in [0.3, 0.4) is 0 Å². The zero-order valence-electron chi connectivity index (χ0n) is 32.2. The fourth-order valence-corrected chi connectivity index (χ4v) is 7.77. The quantitative estimate of drug-likeness (QED) is 0.230. The number of carbonyl (C=O) groups is 2. The van der Waals surface area contributed by atoms with E-state index >= 15 is 0 Å². The smallest absolute Gasteiger partial charge is 0.308 e. The van der Waals surface area contributed by atoms with Crippen LogP contribution in [-0.4, -0.2) is 136 Å². The number of nitrogens with zero attached hydrogens (tertiary/aromatic N) is 1. The molecule has 13 heteroatoms. The molecule has 0 aliphatic carbocycles. The van der Waals surface area contributed by atoms with E-state index in [1.165, 1.54) is 6.92 Å². The molecule has 51 heavy (non-hydrogen) atoms. The van der Waals surface area contributed by atoms with Gasteiger partial charge in [0.15, 0.2) is 18.4 Å². The third-order valence-corrected chi connectivity index (χ3v) is 10.9. The van der Waals surface area contributed by atoms with Crippen molar-refractivity contribution in [2.24, 2.45) is 23.7 Å². The molecule has 3 aliphatic heterocycles. The third-order valence-electron chi connectivity index (χ3n) is 10.9. The highest BCUT2D eigenvalue weighted by Gasteiger charge is 2.51. The number of likely N-dealkylation sites (N-methyl/N-ethyl adjacent to an activating group) is 1. The maximum Gasteiger partial charge on any atom is 0.308 e. The van der Waals surface area contributed by atoms with Gasteiger partial charge in [-0.1, -0.05) is 45.4 Å². The summed E-state index contributed by atoms with van der Waals surface area (Å²) in [4.78, 5) is 28.3. The van der Waals surface area contributed by atoms with E-state index in [-0.39, 0.29) is 37.6 Å². The van der Waals surface area contributed by atoms with Crippen LogP contribution in [-0.2, 0) is 33.3 Å². The van der Waals surface area contributed by atoms with Crippen LogP contribution < -0.4 is 0 Å². The summed E-state index contributed by atoms with van der Waals surface area (Å²) in [6.45, 7) is 14.0. The van der Waals surface area contributed by atoms with Crippen LogP contribution in [0.25, 0.3) is 0 Å². The highest BCUT2D eigenvalue weighted by atomic mass is 16.7. The summed E-state index contributed by atoms with van der Waals surface area (Å²) in [5.74, 6) is -2.42. The van der Waals surface area contributed by atoms with Crippen LogP contribution in [0.2, 0.25) is 0 Å². The Balaban J connectivity index is 1.94. The Hall–Kier alpha value is -1.78. The van der Waals surface area contributed by atoms with Gasteiger partial charge in [0.2, 0.25) is 0 Å². The number of hydrogen-bond acceptors (Lipinski definition) is 13. The number of rotatable bonds is 8. The molecule has 0 aromatic heterocycles. The predicted molar refractivity (Wildman–Crippen MR) is 189 cm³/mol. The number of esters is 1. The van der Waals surface area contributed by atoms with Crippen LogP contribution in [0.4, 0.5) is 0 Å². The number of cyclic esters (lactones) is 1. The molecule has 0 saturated carbocycles. The largest absolute Gasteiger partial charge is 0.462 e. The van der Waals surface area contributed by atoms with E-state index in [4.69, 9.17) is 23.7 Å². The Labute approximate surface area is 303 Å². The molecule has 16 atom stereocenters. The first kappa shape index (κ1) is 43.6. The Bertz CT molecular complexity index is 1190. The standard InChI is InChI=1S/C38H65NO12/c1-11-29-22(4)16-20(2)12-13-27(41)21(3)17-26(14-15-40)34(23(5)28(42)18-30(43)49-29)51-37-33(44)32(39(9)10)35(24(6)48-37)50-31-19-38(8,46)36(45)25(7)47-31/h12-13,16,21-26,28-29,31-37,40,42,44-46H,11,14-15,17-19H2,1-10H3/b13-12+,20-16+/t21?,22?,23?,24-,25+,26?,28?,29?,31+,32+,33+,34?,35-,36+,37+,38-/m0/s1. The molecular formula is C38H65NO12. The lowest BCUT2D eigenvalue weighted by Crippen LogP contribution is -2.65. The van der Waals surface area contributed by atoms with Gasteiger partial charge in [0, 0.05) is 30.8 Å². The molecular weight excluding hydrogens is 662 g/mol. The summed E-state index contributed by atoms with van der Waals surface area (Å²) in [6, 6.07) is -0.679. The number of ketones is 1. The molecule has 5 N–H and O–H groups in total. The second kappa shape index (κ2) is 19.0. The Morgan fingerprint density at radius 1 is 0.980 bits per heavy atom. The number of allylic oxidation sites excluding steroid dienone is 3. The molecule has 0 bridgehead atoms. The predicted octanol–water partition coefficient (Wildman–Crippen LogP) is 2.49. The maximum absolute atomic E-state index is 13.3. The Kier molecular flexibility index (Phi) is 16.3. The van der Waals surface area contributed by atoms with E-state index in [2.05, 4.69) is 0 Å². The maximum atomic E-state index is 13.3. The molecule has 0 spiro atoms. The zero-order chi connectivity index (χ0) is 38.4. The monoisotopic (exact) mass is 727 g/mol. The molecule has 294 valence electrons. The lowest BCUT2D eigenvalue weighted by Gasteiger charge is -2.50. The fourth-order valence-electron chi connectivity index (χ4n) is 7.77. The SMILES string of the molecule is CCC1OC(=O)CC(O)C(C)C(O[C@H]2O[C@@H](C)[C@H](O[C@@H]3C[C@](C)(O)[C@H](O)[C@@H](C)O3)[C@H](N(C)C)[C@H]2O)C(CCO)CC(C)C(=O)/C=C/C(C)=C/C1C. The van der Waals surface area contributed by atoms with E-state index in [0.29, 0.717) is 12.8 Å². The molecule has 13 nitrogen and oxygen atoms in total. The van der Waals surface area contributed by atoms with E-state index < -0.39 is 96.8 Å². The molecule has 3 aliphatic rings. The van der Waals surface area contributed by atoms with Crippen molar-refractivity contribution in [3.63, 3.8) is 0 Å². The minimum absolute atomic E-state index is 0.000511. The van der Waals surface area contributed by atoms with Gasteiger partial charge in [0.1, 0.15) is 24.4 Å². The molecule has 0 aromatic carbocycles. The molecule has 2 fully saturated rings. The lowest BCUT2D eigenvalue weighted by molar-refractivity contribution is -0.342. The first-order chi connectivity index (χ1) is 23.8. The lowest BCUT2D eigenvalue weighted by atomic mass is 9.79. The van der Waals surface area contributed by atoms with Crippen molar-refractivity contribution in [2.75, 3.05) is 20.7 Å². The number of hydrogen-bond donors (Lipinski definition) is 5. The highest BCUT2D eigenvalue weighted by molar-refractivity contribution is 5.91. The summed E-state index contributed by atoms with van der Waals surface area (Å²) in [6.07, 6.45) is -3.02. The number of aliphatic hydroxyl groups excluding tert-OH is 4. The van der Waals surface area contributed by atoms with Gasteiger partial charge in [0.25, 0.3) is 0 Å². The molecule has 0 aromatic rings. The van der Waals surface area contributed by atoms with Gasteiger partial charge in [0.05, 0.1) is 42.5 Å². The van der Waals surface area contributed by atoms with Gasteiger partial charge in [-0.25, -0.2) is 0 Å². The number of ether oxygens (including phenoxy) is 5. The second-order valence-electron chi connectivity index (χ2n) is 15.6. The highest BCUT2D eigenvalue weighted by Crippen LogP contribution is 2.37. The van der Waals surface area contributed by atoms with E-state index in [1.807, 2.05) is 33.8 Å². The van der Waals surface area contributed by atoms with Crippen molar-refractivity contribution in [2.45, 2.75) is 161 Å². The minimum atomic E-state index is -1.45. The molecule has 0 amide bonds. The van der Waals surface area contributed by atoms with Crippen molar-refractivity contribution in [3.8, 4) is 0 Å². The Morgan fingerprint density at radius 3 is 2.24 bits per heavy atom. The third kappa shape index (κ3) is 11.4. The van der Waals surface area contributed by atoms with E-state index in [1.54, 1.807) is 51.9 Å². The van der Waals surface area contributed by atoms with Gasteiger partial charge in [-0.15, -0.1) is 0 Å². The van der Waals surface area contributed by atoms with Gasteiger partial charge in [-0.05, 0) is 73.0 Å². The minimum Gasteiger partial charge on any atom is -0.462 e. The summed E-state index contributed by atoms with van der Waals surface area (Å²) in [5.41, 5.74) is -0.595. The van der Waals surface area contributed by atoms with Crippen LogP contribution in [0.15, 0.2) is 23.8 Å². The van der Waals surface area contributed by atoms with Crippen molar-refractivity contribution in [1.29, 1.82) is 0 Å². The van der Waals surface area contributed by atoms with Crippen molar-refractivity contribution in [1.82, 2.24) is 4.90 Å². The van der Waals surface area contributed by atoms with Crippen LogP contribution in [0, 0.1) is 23.7 Å². The summed E-state index contributed by atoms with van der Waals surface area (Å²) in [7, 11) is 3.56. The van der Waals surface area contributed by atoms with Crippen molar-refractivity contribution < 1.29 is 58.8 Å².